The highest BCUT2D eigenvalue weighted by atomic mass is 19.1. The fourth-order valence-corrected chi connectivity index (χ4v) is 2.59. The zero-order valence-corrected chi connectivity index (χ0v) is 10.4. The molecule has 4 heteroatoms. The first-order valence-corrected chi connectivity index (χ1v) is 6.43. The maximum Gasteiger partial charge on any atom is 0.184 e. The number of nitrogens with one attached hydrogen (secondary N) is 1. The molecule has 1 N–H and O–H groups in total. The molecule has 1 aromatic carbocycles. The molecule has 0 saturated heterocycles. The van der Waals surface area contributed by atoms with Crippen molar-refractivity contribution in [3.63, 3.8) is 0 Å². The molecular formula is C14H16FN3. The summed E-state index contributed by atoms with van der Waals surface area (Å²) in [6.07, 6.45) is 4.81. The van der Waals surface area contributed by atoms with E-state index in [0.29, 0.717) is 17.3 Å². The topological polar surface area (TPSA) is 41.6 Å². The van der Waals surface area contributed by atoms with Crippen LogP contribution in [-0.2, 0) is 0 Å². The summed E-state index contributed by atoms with van der Waals surface area (Å²) in [4.78, 5) is 4.46. The third-order valence-corrected chi connectivity index (χ3v) is 3.61. The molecule has 1 saturated carbocycles. The van der Waals surface area contributed by atoms with Gasteiger partial charge >= 0.3 is 0 Å². The summed E-state index contributed by atoms with van der Waals surface area (Å²) in [5.74, 6) is 1.58. The quantitative estimate of drug-likeness (QED) is 0.878. The van der Waals surface area contributed by atoms with Gasteiger partial charge in [-0.05, 0) is 31.9 Å². The number of aromatic amines is 1. The molecule has 0 atom stereocenters. The largest absolute Gasteiger partial charge is 0.262 e. The average molecular weight is 245 g/mol. The first kappa shape index (κ1) is 11.4. The van der Waals surface area contributed by atoms with E-state index >= 15 is 0 Å². The highest BCUT2D eigenvalue weighted by Crippen LogP contribution is 2.33. The van der Waals surface area contributed by atoms with Gasteiger partial charge in [-0.2, -0.15) is 5.10 Å². The molecule has 94 valence electrons. The van der Waals surface area contributed by atoms with Crippen LogP contribution >= 0.6 is 0 Å². The molecule has 3 rings (SSSR count). The molecule has 0 radical (unpaired) electrons. The second-order valence-corrected chi connectivity index (χ2v) is 5.01. The number of hydrogen-bond donors (Lipinski definition) is 1. The van der Waals surface area contributed by atoms with Crippen molar-refractivity contribution in [1.29, 1.82) is 0 Å². The SMILES string of the molecule is Cc1ccc(F)c(-c2n[nH]c(C3CCCC3)n2)c1. The van der Waals surface area contributed by atoms with E-state index in [0.717, 1.165) is 24.2 Å². The van der Waals surface area contributed by atoms with E-state index in [1.807, 2.05) is 6.92 Å². The highest BCUT2D eigenvalue weighted by Gasteiger charge is 2.21. The summed E-state index contributed by atoms with van der Waals surface area (Å²) in [5, 5.41) is 7.12. The number of nitrogens with zero attached hydrogens (tertiary/aromatic N) is 2. The second-order valence-electron chi connectivity index (χ2n) is 5.01. The molecule has 1 aliphatic carbocycles. The summed E-state index contributed by atoms with van der Waals surface area (Å²) in [6.45, 7) is 1.94. The van der Waals surface area contributed by atoms with Crippen LogP contribution in [0.5, 0.6) is 0 Å². The van der Waals surface area contributed by atoms with Gasteiger partial charge in [0.15, 0.2) is 5.82 Å². The Bertz CT molecular complexity index is 556. The van der Waals surface area contributed by atoms with Gasteiger partial charge in [-0.3, -0.25) is 5.10 Å². The van der Waals surface area contributed by atoms with E-state index in [4.69, 9.17) is 0 Å². The Morgan fingerprint density at radius 2 is 2.06 bits per heavy atom. The summed E-state index contributed by atoms with van der Waals surface area (Å²) in [7, 11) is 0. The molecule has 0 aliphatic heterocycles. The predicted octanol–water partition coefficient (Wildman–Crippen LogP) is 3.58. The van der Waals surface area contributed by atoms with E-state index in [9.17, 15) is 4.39 Å². The highest BCUT2D eigenvalue weighted by molar-refractivity contribution is 5.56. The number of hydrogen-bond acceptors (Lipinski definition) is 2. The van der Waals surface area contributed by atoms with E-state index < -0.39 is 0 Å². The zero-order valence-electron chi connectivity index (χ0n) is 10.4. The molecule has 1 aliphatic rings. The van der Waals surface area contributed by atoms with Gasteiger partial charge in [-0.1, -0.05) is 24.5 Å². The molecule has 3 nitrogen and oxygen atoms in total. The Kier molecular flexibility index (Phi) is 2.86. The van der Waals surface area contributed by atoms with Crippen LogP contribution in [0.2, 0.25) is 0 Å². The molecule has 0 spiro atoms. The lowest BCUT2D eigenvalue weighted by Gasteiger charge is -2.02. The average Bonchev–Trinajstić information content (AvgIpc) is 3.00. The predicted molar refractivity (Wildman–Crippen MR) is 67.7 cm³/mol. The van der Waals surface area contributed by atoms with Gasteiger partial charge in [0.05, 0.1) is 5.56 Å². The molecule has 0 unspecified atom stereocenters. The Hall–Kier alpha value is -1.71. The standard InChI is InChI=1S/C14H16FN3/c1-9-6-7-12(15)11(8-9)14-16-13(17-18-14)10-4-2-3-5-10/h6-8,10H,2-5H2,1H3,(H,16,17,18). The third-order valence-electron chi connectivity index (χ3n) is 3.61. The minimum absolute atomic E-state index is 0.266. The smallest absolute Gasteiger partial charge is 0.184 e. The summed E-state index contributed by atoms with van der Waals surface area (Å²) >= 11 is 0. The normalized spacial score (nSPS) is 16.3. The van der Waals surface area contributed by atoms with Gasteiger partial charge in [0, 0.05) is 5.92 Å². The van der Waals surface area contributed by atoms with Crippen LogP contribution in [0.4, 0.5) is 4.39 Å². The second kappa shape index (κ2) is 4.52. The number of H-pyrrole nitrogens is 1. The van der Waals surface area contributed by atoms with Crippen LogP contribution in [0.25, 0.3) is 11.4 Å². The van der Waals surface area contributed by atoms with E-state index in [1.54, 1.807) is 12.1 Å². The first-order valence-electron chi connectivity index (χ1n) is 6.43. The maximum atomic E-state index is 13.7. The van der Waals surface area contributed by atoms with Crippen LogP contribution in [-0.4, -0.2) is 15.2 Å². The summed E-state index contributed by atoms with van der Waals surface area (Å²) < 4.78 is 13.7. The maximum absolute atomic E-state index is 13.7. The molecule has 0 bridgehead atoms. The Balaban J connectivity index is 1.94. The number of aryl methyl sites for hydroxylation is 1. The van der Waals surface area contributed by atoms with Gasteiger partial charge < -0.3 is 0 Å². The number of aromatic nitrogens is 3. The minimum Gasteiger partial charge on any atom is -0.262 e. The van der Waals surface area contributed by atoms with Crippen LogP contribution in [0, 0.1) is 12.7 Å². The Morgan fingerprint density at radius 3 is 2.83 bits per heavy atom. The lowest BCUT2D eigenvalue weighted by atomic mass is 10.1. The van der Waals surface area contributed by atoms with Crippen LogP contribution in [0.3, 0.4) is 0 Å². The van der Waals surface area contributed by atoms with Crippen molar-refractivity contribution in [2.75, 3.05) is 0 Å². The van der Waals surface area contributed by atoms with E-state index in [-0.39, 0.29) is 5.82 Å². The third kappa shape index (κ3) is 2.03. The van der Waals surface area contributed by atoms with Crippen LogP contribution in [0.1, 0.15) is 43.0 Å². The zero-order chi connectivity index (χ0) is 12.5. The van der Waals surface area contributed by atoms with Crippen molar-refractivity contribution in [2.45, 2.75) is 38.5 Å². The summed E-state index contributed by atoms with van der Waals surface area (Å²) in [5.41, 5.74) is 1.49. The number of halogens is 1. The van der Waals surface area contributed by atoms with Crippen LogP contribution < -0.4 is 0 Å². The van der Waals surface area contributed by atoms with E-state index in [1.165, 1.54) is 18.9 Å². The van der Waals surface area contributed by atoms with E-state index in [2.05, 4.69) is 15.2 Å². The van der Waals surface area contributed by atoms with Gasteiger partial charge in [0.1, 0.15) is 11.6 Å². The fourth-order valence-electron chi connectivity index (χ4n) is 2.59. The lowest BCUT2D eigenvalue weighted by molar-refractivity contribution is 0.629. The number of benzene rings is 1. The van der Waals surface area contributed by atoms with Crippen LogP contribution in [0.15, 0.2) is 18.2 Å². The minimum atomic E-state index is -0.266. The molecule has 18 heavy (non-hydrogen) atoms. The van der Waals surface area contributed by atoms with Crippen molar-refractivity contribution >= 4 is 0 Å². The molecular weight excluding hydrogens is 229 g/mol. The molecule has 0 amide bonds. The van der Waals surface area contributed by atoms with Gasteiger partial charge in [-0.25, -0.2) is 9.37 Å². The van der Waals surface area contributed by atoms with Crippen molar-refractivity contribution < 1.29 is 4.39 Å². The van der Waals surface area contributed by atoms with Gasteiger partial charge in [0.25, 0.3) is 0 Å². The first-order chi connectivity index (χ1) is 8.74. The Morgan fingerprint density at radius 1 is 1.28 bits per heavy atom. The van der Waals surface area contributed by atoms with Crippen molar-refractivity contribution in [2.24, 2.45) is 0 Å². The number of rotatable bonds is 2. The van der Waals surface area contributed by atoms with Crippen molar-refractivity contribution in [1.82, 2.24) is 15.2 Å². The summed E-state index contributed by atoms with van der Waals surface area (Å²) in [6, 6.07) is 5.01. The molecule has 1 fully saturated rings. The Labute approximate surface area is 105 Å². The molecule has 2 aromatic rings. The van der Waals surface area contributed by atoms with Crippen molar-refractivity contribution in [3.05, 3.63) is 35.4 Å². The fraction of sp³-hybridized carbons (Fsp3) is 0.429. The van der Waals surface area contributed by atoms with Gasteiger partial charge in [0.2, 0.25) is 0 Å². The molecule has 1 heterocycles. The van der Waals surface area contributed by atoms with Gasteiger partial charge in [-0.15, -0.1) is 0 Å². The van der Waals surface area contributed by atoms with Crippen molar-refractivity contribution in [3.8, 4) is 11.4 Å². The monoisotopic (exact) mass is 245 g/mol. The molecule has 1 aromatic heterocycles. The lowest BCUT2D eigenvalue weighted by Crippen LogP contribution is -1.94.